The van der Waals surface area contributed by atoms with Gasteiger partial charge in [-0.05, 0) is 44.3 Å². The molecule has 0 aromatic heterocycles. The summed E-state index contributed by atoms with van der Waals surface area (Å²) in [6.07, 6.45) is 2.44. The Morgan fingerprint density at radius 2 is 2.06 bits per heavy atom. The highest BCUT2D eigenvalue weighted by Gasteiger charge is 2.27. The highest BCUT2D eigenvalue weighted by Crippen LogP contribution is 2.29. The van der Waals surface area contributed by atoms with Gasteiger partial charge >= 0.3 is 0 Å². The van der Waals surface area contributed by atoms with Crippen LogP contribution in [0.2, 0.25) is 0 Å². The summed E-state index contributed by atoms with van der Waals surface area (Å²) in [5.41, 5.74) is 8.56. The first-order chi connectivity index (χ1) is 8.24. The molecule has 1 heterocycles. The third kappa shape index (κ3) is 2.88. The molecule has 1 aromatic rings. The van der Waals surface area contributed by atoms with Crippen molar-refractivity contribution in [3.8, 4) is 0 Å². The standard InChI is InChI=1S/C15H24N2/c1-3-15(14-6-4-12(2)5-7-14)17-9-8-13(10-16)11-17/h4-7,13,15H,3,8-11,16H2,1-2H3. The van der Waals surface area contributed by atoms with Gasteiger partial charge in [0.1, 0.15) is 0 Å². The molecule has 2 rings (SSSR count). The van der Waals surface area contributed by atoms with Crippen molar-refractivity contribution >= 4 is 0 Å². The normalized spacial score (nSPS) is 22.9. The SMILES string of the molecule is CCC(c1ccc(C)cc1)N1CCC(CN)C1. The Hall–Kier alpha value is -0.860. The maximum atomic E-state index is 5.77. The molecule has 1 fully saturated rings. The second kappa shape index (κ2) is 5.65. The quantitative estimate of drug-likeness (QED) is 0.865. The number of nitrogens with zero attached hydrogens (tertiary/aromatic N) is 1. The Labute approximate surface area is 105 Å². The molecule has 2 unspecified atom stereocenters. The van der Waals surface area contributed by atoms with Crippen LogP contribution in [0.15, 0.2) is 24.3 Å². The number of hydrogen-bond acceptors (Lipinski definition) is 2. The molecule has 0 amide bonds. The average molecular weight is 232 g/mol. The minimum atomic E-state index is 0.576. The molecule has 1 aliphatic heterocycles. The van der Waals surface area contributed by atoms with Crippen molar-refractivity contribution in [3.63, 3.8) is 0 Å². The zero-order valence-electron chi connectivity index (χ0n) is 11.0. The van der Waals surface area contributed by atoms with E-state index in [1.807, 2.05) is 0 Å². The minimum Gasteiger partial charge on any atom is -0.330 e. The summed E-state index contributed by atoms with van der Waals surface area (Å²) in [5.74, 6) is 0.703. The van der Waals surface area contributed by atoms with E-state index in [9.17, 15) is 0 Å². The molecule has 2 atom stereocenters. The van der Waals surface area contributed by atoms with Gasteiger partial charge in [0.25, 0.3) is 0 Å². The zero-order valence-corrected chi connectivity index (χ0v) is 11.0. The molecule has 0 spiro atoms. The number of likely N-dealkylation sites (tertiary alicyclic amines) is 1. The van der Waals surface area contributed by atoms with E-state index in [0.717, 1.165) is 6.54 Å². The van der Waals surface area contributed by atoms with Crippen LogP contribution in [0.4, 0.5) is 0 Å². The topological polar surface area (TPSA) is 29.3 Å². The Balaban J connectivity index is 2.08. The molecular formula is C15H24N2. The molecule has 0 radical (unpaired) electrons. The smallest absolute Gasteiger partial charge is 0.0345 e. The van der Waals surface area contributed by atoms with Gasteiger partial charge in [0.05, 0.1) is 0 Å². The van der Waals surface area contributed by atoms with Gasteiger partial charge in [0, 0.05) is 12.6 Å². The van der Waals surface area contributed by atoms with E-state index in [0.29, 0.717) is 12.0 Å². The first kappa shape index (κ1) is 12.6. The largest absolute Gasteiger partial charge is 0.330 e. The molecular weight excluding hydrogens is 208 g/mol. The highest BCUT2D eigenvalue weighted by atomic mass is 15.2. The van der Waals surface area contributed by atoms with Crippen molar-refractivity contribution in [2.45, 2.75) is 32.7 Å². The zero-order chi connectivity index (χ0) is 12.3. The van der Waals surface area contributed by atoms with Crippen molar-refractivity contribution in [2.75, 3.05) is 19.6 Å². The van der Waals surface area contributed by atoms with Crippen molar-refractivity contribution in [3.05, 3.63) is 35.4 Å². The molecule has 0 saturated carbocycles. The van der Waals surface area contributed by atoms with E-state index < -0.39 is 0 Å². The van der Waals surface area contributed by atoms with E-state index in [1.54, 1.807) is 0 Å². The van der Waals surface area contributed by atoms with Crippen molar-refractivity contribution < 1.29 is 0 Å². The fourth-order valence-electron chi connectivity index (χ4n) is 2.83. The monoisotopic (exact) mass is 232 g/mol. The molecule has 2 nitrogen and oxygen atoms in total. The fraction of sp³-hybridized carbons (Fsp3) is 0.600. The lowest BCUT2D eigenvalue weighted by atomic mass is 10.0. The van der Waals surface area contributed by atoms with Crippen LogP contribution in [-0.4, -0.2) is 24.5 Å². The third-order valence-electron chi connectivity index (χ3n) is 3.94. The second-order valence-electron chi connectivity index (χ2n) is 5.22. The summed E-state index contributed by atoms with van der Waals surface area (Å²) in [7, 11) is 0. The third-order valence-corrected chi connectivity index (χ3v) is 3.94. The Morgan fingerprint density at radius 1 is 1.35 bits per heavy atom. The number of aryl methyl sites for hydroxylation is 1. The minimum absolute atomic E-state index is 0.576. The summed E-state index contributed by atoms with van der Waals surface area (Å²) in [6.45, 7) is 7.63. The maximum absolute atomic E-state index is 5.77. The molecule has 1 aromatic carbocycles. The van der Waals surface area contributed by atoms with Crippen LogP contribution in [0.1, 0.15) is 36.9 Å². The highest BCUT2D eigenvalue weighted by molar-refractivity contribution is 5.24. The molecule has 1 saturated heterocycles. The predicted octanol–water partition coefficient (Wildman–Crippen LogP) is 2.73. The molecule has 1 aliphatic rings. The first-order valence-corrected chi connectivity index (χ1v) is 6.75. The lowest BCUT2D eigenvalue weighted by molar-refractivity contribution is 0.231. The lowest BCUT2D eigenvalue weighted by Crippen LogP contribution is -2.27. The number of nitrogens with two attached hydrogens (primary N) is 1. The van der Waals surface area contributed by atoms with E-state index in [4.69, 9.17) is 5.73 Å². The van der Waals surface area contributed by atoms with Gasteiger partial charge in [-0.15, -0.1) is 0 Å². The molecule has 2 N–H and O–H groups in total. The average Bonchev–Trinajstić information content (AvgIpc) is 2.81. The maximum Gasteiger partial charge on any atom is 0.0345 e. The van der Waals surface area contributed by atoms with Crippen LogP contribution >= 0.6 is 0 Å². The second-order valence-corrected chi connectivity index (χ2v) is 5.22. The number of rotatable bonds is 4. The lowest BCUT2D eigenvalue weighted by Gasteiger charge is -2.27. The summed E-state index contributed by atoms with van der Waals surface area (Å²) < 4.78 is 0. The Morgan fingerprint density at radius 3 is 2.59 bits per heavy atom. The van der Waals surface area contributed by atoms with Crippen molar-refractivity contribution in [1.82, 2.24) is 4.90 Å². The van der Waals surface area contributed by atoms with Crippen LogP contribution in [0.3, 0.4) is 0 Å². The van der Waals surface area contributed by atoms with Gasteiger partial charge < -0.3 is 5.73 Å². The van der Waals surface area contributed by atoms with Crippen LogP contribution in [0.25, 0.3) is 0 Å². The molecule has 94 valence electrons. The predicted molar refractivity (Wildman–Crippen MR) is 72.9 cm³/mol. The Bertz CT molecular complexity index is 344. The van der Waals surface area contributed by atoms with E-state index >= 15 is 0 Å². The van der Waals surface area contributed by atoms with Gasteiger partial charge in [-0.3, -0.25) is 4.90 Å². The van der Waals surface area contributed by atoms with Crippen LogP contribution in [0, 0.1) is 12.8 Å². The first-order valence-electron chi connectivity index (χ1n) is 6.75. The van der Waals surface area contributed by atoms with Crippen molar-refractivity contribution in [1.29, 1.82) is 0 Å². The van der Waals surface area contributed by atoms with E-state index in [1.165, 1.54) is 37.1 Å². The van der Waals surface area contributed by atoms with Gasteiger partial charge in [0.15, 0.2) is 0 Å². The van der Waals surface area contributed by atoms with Crippen molar-refractivity contribution in [2.24, 2.45) is 11.7 Å². The van der Waals surface area contributed by atoms with Crippen LogP contribution in [-0.2, 0) is 0 Å². The van der Waals surface area contributed by atoms with E-state index in [2.05, 4.69) is 43.0 Å². The number of hydrogen-bond donors (Lipinski definition) is 1. The van der Waals surface area contributed by atoms with Gasteiger partial charge in [-0.25, -0.2) is 0 Å². The van der Waals surface area contributed by atoms with E-state index in [-0.39, 0.29) is 0 Å². The summed E-state index contributed by atoms with van der Waals surface area (Å²) in [5, 5.41) is 0. The molecule has 0 bridgehead atoms. The van der Waals surface area contributed by atoms with Gasteiger partial charge in [-0.2, -0.15) is 0 Å². The van der Waals surface area contributed by atoms with Crippen LogP contribution in [0.5, 0.6) is 0 Å². The molecule has 2 heteroatoms. The van der Waals surface area contributed by atoms with Crippen LogP contribution < -0.4 is 5.73 Å². The van der Waals surface area contributed by atoms with Gasteiger partial charge in [-0.1, -0.05) is 36.8 Å². The fourth-order valence-corrected chi connectivity index (χ4v) is 2.83. The molecule has 17 heavy (non-hydrogen) atoms. The number of benzene rings is 1. The van der Waals surface area contributed by atoms with Gasteiger partial charge in [0.2, 0.25) is 0 Å². The Kier molecular flexibility index (Phi) is 4.19. The summed E-state index contributed by atoms with van der Waals surface area (Å²) in [4.78, 5) is 2.60. The summed E-state index contributed by atoms with van der Waals surface area (Å²) >= 11 is 0. The molecule has 0 aliphatic carbocycles. The summed E-state index contributed by atoms with van der Waals surface area (Å²) in [6, 6.07) is 9.56.